The number of unbranched alkanes of at least 4 members (excludes halogenated alkanes) is 1. The second-order valence-electron chi connectivity index (χ2n) is 6.62. The first-order valence-electron chi connectivity index (χ1n) is 8.78. The lowest BCUT2D eigenvalue weighted by Crippen LogP contribution is -2.47. The van der Waals surface area contributed by atoms with Crippen LogP contribution in [-0.2, 0) is 11.8 Å². The number of aromatic nitrogens is 4. The van der Waals surface area contributed by atoms with Crippen molar-refractivity contribution in [2.24, 2.45) is 13.0 Å². The van der Waals surface area contributed by atoms with Crippen LogP contribution in [0.25, 0.3) is 11.0 Å². The number of carbonyl (C=O) groups excluding carboxylic acids is 1. The largest absolute Gasteiger partial charge is 0.356 e. The average molecular weight is 330 g/mol. The Morgan fingerprint density at radius 3 is 3.00 bits per heavy atom. The van der Waals surface area contributed by atoms with E-state index in [9.17, 15) is 4.79 Å². The smallest absolute Gasteiger partial charge is 0.224 e. The van der Waals surface area contributed by atoms with Crippen molar-refractivity contribution in [1.82, 2.24) is 25.1 Å². The molecule has 0 radical (unpaired) electrons. The van der Waals surface area contributed by atoms with Crippen molar-refractivity contribution in [1.29, 1.82) is 0 Å². The van der Waals surface area contributed by atoms with E-state index in [-0.39, 0.29) is 11.8 Å². The van der Waals surface area contributed by atoms with Crippen molar-refractivity contribution in [2.75, 3.05) is 18.0 Å². The predicted molar refractivity (Wildman–Crippen MR) is 93.8 cm³/mol. The number of hydrogen-bond acceptors (Lipinski definition) is 5. The van der Waals surface area contributed by atoms with Crippen LogP contribution < -0.4 is 10.2 Å². The molecular formula is C17H26N6O. The lowest BCUT2D eigenvalue weighted by atomic mass is 9.92. The van der Waals surface area contributed by atoms with Crippen LogP contribution >= 0.6 is 0 Å². The summed E-state index contributed by atoms with van der Waals surface area (Å²) in [7, 11) is 1.88. The minimum Gasteiger partial charge on any atom is -0.356 e. The highest BCUT2D eigenvalue weighted by atomic mass is 16.1. The highest BCUT2D eigenvalue weighted by Crippen LogP contribution is 2.30. The van der Waals surface area contributed by atoms with E-state index in [1.54, 1.807) is 11.0 Å². The summed E-state index contributed by atoms with van der Waals surface area (Å²) >= 11 is 0. The van der Waals surface area contributed by atoms with Crippen LogP contribution in [0.2, 0.25) is 0 Å². The van der Waals surface area contributed by atoms with E-state index in [2.05, 4.69) is 39.1 Å². The van der Waals surface area contributed by atoms with Gasteiger partial charge < -0.3 is 10.2 Å². The molecule has 24 heavy (non-hydrogen) atoms. The molecule has 1 aliphatic rings. The number of amides is 1. The third kappa shape index (κ3) is 3.20. The Labute approximate surface area is 142 Å². The minimum absolute atomic E-state index is 0.0137. The van der Waals surface area contributed by atoms with E-state index in [1.165, 1.54) is 0 Å². The first kappa shape index (κ1) is 16.7. The molecule has 0 aromatic carbocycles. The van der Waals surface area contributed by atoms with Gasteiger partial charge in [-0.15, -0.1) is 0 Å². The Morgan fingerprint density at radius 1 is 1.38 bits per heavy atom. The third-order valence-electron chi connectivity index (χ3n) is 4.86. The molecule has 0 spiro atoms. The Kier molecular flexibility index (Phi) is 4.97. The summed E-state index contributed by atoms with van der Waals surface area (Å²) in [5.74, 6) is 1.06. The van der Waals surface area contributed by atoms with Crippen molar-refractivity contribution in [3.63, 3.8) is 0 Å². The van der Waals surface area contributed by atoms with Crippen LogP contribution in [0.5, 0.6) is 0 Å². The van der Waals surface area contributed by atoms with Crippen LogP contribution in [0.15, 0.2) is 12.5 Å². The molecule has 1 N–H and O–H groups in total. The number of piperidine rings is 1. The summed E-state index contributed by atoms with van der Waals surface area (Å²) in [6, 6.07) is 0.350. The minimum atomic E-state index is 0.0137. The lowest BCUT2D eigenvalue weighted by Gasteiger charge is -2.38. The zero-order valence-electron chi connectivity index (χ0n) is 14.7. The summed E-state index contributed by atoms with van der Waals surface area (Å²) in [5.41, 5.74) is 0.821. The predicted octanol–water partition coefficient (Wildman–Crippen LogP) is 1.88. The molecule has 0 unspecified atom stereocenters. The Bertz CT molecular complexity index is 712. The lowest BCUT2D eigenvalue weighted by molar-refractivity contribution is -0.125. The van der Waals surface area contributed by atoms with E-state index >= 15 is 0 Å². The normalized spacial score (nSPS) is 21.2. The number of fused-ring (bicyclic) bond motifs is 1. The molecule has 2 aromatic heterocycles. The molecule has 7 nitrogen and oxygen atoms in total. The van der Waals surface area contributed by atoms with Gasteiger partial charge in [0, 0.05) is 26.2 Å². The molecule has 3 rings (SSSR count). The highest BCUT2D eigenvalue weighted by Gasteiger charge is 2.31. The average Bonchev–Trinajstić information content (AvgIpc) is 2.97. The molecule has 2 aromatic rings. The first-order valence-corrected chi connectivity index (χ1v) is 8.78. The van der Waals surface area contributed by atoms with Gasteiger partial charge in [-0.05, 0) is 26.2 Å². The zero-order valence-corrected chi connectivity index (χ0v) is 14.7. The number of aryl methyl sites for hydroxylation is 1. The molecule has 1 aliphatic heterocycles. The number of anilines is 1. The molecule has 7 heteroatoms. The van der Waals surface area contributed by atoms with Crippen LogP contribution in [0.4, 0.5) is 5.82 Å². The number of nitrogens with one attached hydrogen (secondary N) is 1. The van der Waals surface area contributed by atoms with Gasteiger partial charge in [-0.25, -0.2) is 9.97 Å². The quantitative estimate of drug-likeness (QED) is 0.847. The molecule has 1 fully saturated rings. The van der Waals surface area contributed by atoms with Crippen LogP contribution in [0, 0.1) is 5.92 Å². The fourth-order valence-corrected chi connectivity index (χ4v) is 3.33. The summed E-state index contributed by atoms with van der Waals surface area (Å²) < 4.78 is 1.75. The van der Waals surface area contributed by atoms with E-state index in [1.807, 2.05) is 13.2 Å². The fraction of sp³-hybridized carbons (Fsp3) is 0.647. The summed E-state index contributed by atoms with van der Waals surface area (Å²) in [6.07, 6.45) is 7.42. The molecule has 3 heterocycles. The van der Waals surface area contributed by atoms with Gasteiger partial charge in [-0.3, -0.25) is 9.48 Å². The molecule has 2 atom stereocenters. The number of rotatable bonds is 5. The van der Waals surface area contributed by atoms with Gasteiger partial charge in [0.25, 0.3) is 0 Å². The monoisotopic (exact) mass is 330 g/mol. The molecule has 1 saturated heterocycles. The fourth-order valence-electron chi connectivity index (χ4n) is 3.33. The van der Waals surface area contributed by atoms with Crippen molar-refractivity contribution >= 4 is 22.8 Å². The maximum Gasteiger partial charge on any atom is 0.224 e. The Balaban J connectivity index is 1.79. The first-order chi connectivity index (χ1) is 11.6. The molecule has 0 saturated carbocycles. The van der Waals surface area contributed by atoms with E-state index in [0.29, 0.717) is 12.6 Å². The maximum atomic E-state index is 12.4. The van der Waals surface area contributed by atoms with Crippen molar-refractivity contribution < 1.29 is 4.79 Å². The summed E-state index contributed by atoms with van der Waals surface area (Å²) in [6.45, 7) is 5.78. The van der Waals surface area contributed by atoms with Crippen molar-refractivity contribution in [2.45, 2.75) is 45.6 Å². The van der Waals surface area contributed by atoms with Gasteiger partial charge in [0.2, 0.25) is 5.91 Å². The van der Waals surface area contributed by atoms with Crippen LogP contribution in [0.1, 0.15) is 39.5 Å². The van der Waals surface area contributed by atoms with E-state index in [4.69, 9.17) is 0 Å². The van der Waals surface area contributed by atoms with Crippen LogP contribution in [-0.4, -0.2) is 44.8 Å². The number of carbonyl (C=O) groups is 1. The van der Waals surface area contributed by atoms with Gasteiger partial charge in [0.15, 0.2) is 5.65 Å². The van der Waals surface area contributed by atoms with Gasteiger partial charge >= 0.3 is 0 Å². The zero-order chi connectivity index (χ0) is 17.1. The second kappa shape index (κ2) is 7.15. The van der Waals surface area contributed by atoms with Crippen molar-refractivity contribution in [3.8, 4) is 0 Å². The van der Waals surface area contributed by atoms with E-state index < -0.39 is 0 Å². The highest BCUT2D eigenvalue weighted by molar-refractivity contribution is 5.87. The number of nitrogens with zero attached hydrogens (tertiary/aromatic N) is 5. The molecule has 130 valence electrons. The van der Waals surface area contributed by atoms with Crippen LogP contribution in [0.3, 0.4) is 0 Å². The maximum absolute atomic E-state index is 12.4. The van der Waals surface area contributed by atoms with E-state index in [0.717, 1.165) is 49.1 Å². The number of hydrogen-bond donors (Lipinski definition) is 1. The molecule has 0 bridgehead atoms. The summed E-state index contributed by atoms with van der Waals surface area (Å²) in [4.78, 5) is 23.5. The molecular weight excluding hydrogens is 304 g/mol. The Hall–Kier alpha value is -2.18. The molecule has 1 amide bonds. The van der Waals surface area contributed by atoms with Gasteiger partial charge in [-0.2, -0.15) is 5.10 Å². The van der Waals surface area contributed by atoms with Crippen molar-refractivity contribution in [3.05, 3.63) is 12.5 Å². The SMILES string of the molecule is CCCCNC(=O)[C@@H]1CC[C@@H](C)N(c2ncnc3c2cnn3C)C1. The second-order valence-corrected chi connectivity index (χ2v) is 6.62. The topological polar surface area (TPSA) is 75.9 Å². The third-order valence-corrected chi connectivity index (χ3v) is 4.86. The van der Waals surface area contributed by atoms with Gasteiger partial charge in [0.1, 0.15) is 12.1 Å². The molecule has 0 aliphatic carbocycles. The van der Waals surface area contributed by atoms with Gasteiger partial charge in [0.05, 0.1) is 17.5 Å². The summed E-state index contributed by atoms with van der Waals surface area (Å²) in [5, 5.41) is 8.30. The van der Waals surface area contributed by atoms with Gasteiger partial charge in [-0.1, -0.05) is 13.3 Å². The Morgan fingerprint density at radius 2 is 2.21 bits per heavy atom. The standard InChI is InChI=1S/C17H26N6O/c1-4-5-8-18-17(24)13-7-6-12(2)23(10-13)16-14-9-21-22(3)15(14)19-11-20-16/h9,11-13H,4-8,10H2,1-3H3,(H,18,24)/t12-,13-/m1/s1.